The second-order valence-corrected chi connectivity index (χ2v) is 6.89. The van der Waals surface area contributed by atoms with E-state index < -0.39 is 10.8 Å². The number of nitrogens with one attached hydrogen (secondary N) is 1. The van der Waals surface area contributed by atoms with Crippen LogP contribution in [0.4, 0.5) is 10.8 Å². The number of rotatable bonds is 3. The molecule has 0 saturated carbocycles. The molecule has 0 aliphatic rings. The van der Waals surface area contributed by atoms with Crippen LogP contribution in [0.5, 0.6) is 0 Å². The van der Waals surface area contributed by atoms with E-state index in [1.165, 1.54) is 23.5 Å². The molecule has 2 aromatic carbocycles. The van der Waals surface area contributed by atoms with Gasteiger partial charge in [0.05, 0.1) is 15.1 Å². The maximum absolute atomic E-state index is 12.3. The lowest BCUT2D eigenvalue weighted by Gasteiger charge is -2.03. The monoisotopic (exact) mass is 411 g/mol. The van der Waals surface area contributed by atoms with Crippen molar-refractivity contribution >= 4 is 65.8 Å². The van der Waals surface area contributed by atoms with E-state index in [0.29, 0.717) is 5.13 Å². The van der Waals surface area contributed by atoms with Gasteiger partial charge in [-0.2, -0.15) is 0 Å². The molecule has 1 amide bonds. The molecule has 0 aliphatic carbocycles. The van der Waals surface area contributed by atoms with Gasteiger partial charge in [0.15, 0.2) is 5.13 Å². The van der Waals surface area contributed by atoms with Crippen molar-refractivity contribution in [1.29, 1.82) is 0 Å². The van der Waals surface area contributed by atoms with Gasteiger partial charge in [0, 0.05) is 15.6 Å². The van der Waals surface area contributed by atoms with Gasteiger partial charge >= 0.3 is 0 Å². The molecule has 0 atom stereocenters. The fraction of sp³-hybridized carbons (Fsp3) is 0. The number of fused-ring (bicyclic) bond motifs is 1. The molecule has 0 aliphatic heterocycles. The summed E-state index contributed by atoms with van der Waals surface area (Å²) in [5, 5.41) is 14.2. The third-order valence-electron chi connectivity index (χ3n) is 2.97. The first-order valence-electron chi connectivity index (χ1n) is 6.25. The number of aromatic nitrogens is 1. The topological polar surface area (TPSA) is 85.1 Å². The molecule has 3 rings (SSSR count). The van der Waals surface area contributed by atoms with Gasteiger partial charge in [-0.15, -0.1) is 0 Å². The van der Waals surface area contributed by atoms with Crippen LogP contribution in [0.25, 0.3) is 10.2 Å². The summed E-state index contributed by atoms with van der Waals surface area (Å²) in [6.45, 7) is 0. The Balaban J connectivity index is 1.93. The number of carbonyl (C=O) groups is 1. The second-order valence-electron chi connectivity index (χ2n) is 4.50. The van der Waals surface area contributed by atoms with E-state index in [2.05, 4.69) is 26.2 Å². The minimum atomic E-state index is -0.643. The SMILES string of the molecule is O=C(Nc1nc2ccc(Br)cc2s1)c1ccc(Cl)cc1[N+](=O)[O-]. The summed E-state index contributed by atoms with van der Waals surface area (Å²) in [5.74, 6) is -0.605. The first-order chi connectivity index (χ1) is 10.9. The maximum atomic E-state index is 12.3. The highest BCUT2D eigenvalue weighted by Crippen LogP contribution is 2.30. The van der Waals surface area contributed by atoms with Crippen molar-refractivity contribution in [3.8, 4) is 0 Å². The normalized spacial score (nSPS) is 10.7. The summed E-state index contributed by atoms with van der Waals surface area (Å²) < 4.78 is 1.79. The molecular weight excluding hydrogens is 406 g/mol. The number of amides is 1. The number of benzene rings is 2. The first kappa shape index (κ1) is 15.9. The third kappa shape index (κ3) is 3.34. The lowest BCUT2D eigenvalue weighted by molar-refractivity contribution is -0.385. The number of thiazole rings is 1. The minimum Gasteiger partial charge on any atom is -0.298 e. The Morgan fingerprint density at radius 3 is 2.83 bits per heavy atom. The zero-order valence-electron chi connectivity index (χ0n) is 11.2. The summed E-state index contributed by atoms with van der Waals surface area (Å²) in [4.78, 5) is 27.0. The fourth-order valence-corrected chi connectivity index (χ4v) is 3.54. The number of anilines is 1. The van der Waals surface area contributed by atoms with Crippen LogP contribution in [0.1, 0.15) is 10.4 Å². The van der Waals surface area contributed by atoms with Crippen LogP contribution in [-0.4, -0.2) is 15.8 Å². The molecule has 3 aromatic rings. The summed E-state index contributed by atoms with van der Waals surface area (Å²) in [6.07, 6.45) is 0. The molecule has 1 heterocycles. The molecule has 0 fully saturated rings. The zero-order chi connectivity index (χ0) is 16.6. The largest absolute Gasteiger partial charge is 0.298 e. The Bertz CT molecular complexity index is 944. The standard InChI is InChI=1S/C14H7BrClN3O3S/c15-7-1-4-10-12(5-7)23-14(17-10)18-13(20)9-3-2-8(16)6-11(9)19(21)22/h1-6H,(H,17,18,20). The summed E-state index contributed by atoms with van der Waals surface area (Å²) >= 11 is 10.4. The predicted octanol–water partition coefficient (Wildman–Crippen LogP) is 4.87. The van der Waals surface area contributed by atoms with Crippen molar-refractivity contribution in [2.75, 3.05) is 5.32 Å². The van der Waals surface area contributed by atoms with Crippen molar-refractivity contribution < 1.29 is 9.72 Å². The number of halogens is 2. The molecule has 116 valence electrons. The van der Waals surface area contributed by atoms with Crippen molar-refractivity contribution in [2.45, 2.75) is 0 Å². The van der Waals surface area contributed by atoms with Crippen molar-refractivity contribution in [3.63, 3.8) is 0 Å². The smallest absolute Gasteiger partial charge is 0.283 e. The molecule has 0 saturated heterocycles. The van der Waals surface area contributed by atoms with Gasteiger partial charge in [-0.1, -0.05) is 38.9 Å². The lowest BCUT2D eigenvalue weighted by Crippen LogP contribution is -2.13. The minimum absolute atomic E-state index is 0.0696. The van der Waals surface area contributed by atoms with Crippen molar-refractivity contribution in [3.05, 3.63) is 61.6 Å². The van der Waals surface area contributed by atoms with Crippen LogP contribution in [0.2, 0.25) is 5.02 Å². The Morgan fingerprint density at radius 2 is 2.09 bits per heavy atom. The van der Waals surface area contributed by atoms with Crippen LogP contribution in [0.15, 0.2) is 40.9 Å². The molecule has 0 radical (unpaired) electrons. The van der Waals surface area contributed by atoms with E-state index in [-0.39, 0.29) is 16.3 Å². The third-order valence-corrected chi connectivity index (χ3v) is 4.63. The zero-order valence-corrected chi connectivity index (χ0v) is 14.4. The van der Waals surface area contributed by atoms with Crippen LogP contribution >= 0.6 is 38.9 Å². The van der Waals surface area contributed by atoms with Gasteiger partial charge in [0.2, 0.25) is 0 Å². The number of nitro benzene ring substituents is 1. The average Bonchev–Trinajstić information content (AvgIpc) is 2.88. The second kappa shape index (κ2) is 6.23. The number of carbonyl (C=O) groups excluding carboxylic acids is 1. The number of hydrogen-bond acceptors (Lipinski definition) is 5. The van der Waals surface area contributed by atoms with Gasteiger partial charge in [-0.05, 0) is 30.3 Å². The van der Waals surface area contributed by atoms with Crippen LogP contribution in [-0.2, 0) is 0 Å². The van der Waals surface area contributed by atoms with Gasteiger partial charge in [-0.3, -0.25) is 20.2 Å². The Hall–Kier alpha value is -2.03. The summed E-state index contributed by atoms with van der Waals surface area (Å²) in [6, 6.07) is 9.44. The average molecular weight is 413 g/mol. The molecule has 1 aromatic heterocycles. The Kier molecular flexibility index (Phi) is 4.29. The molecule has 6 nitrogen and oxygen atoms in total. The highest BCUT2D eigenvalue weighted by Gasteiger charge is 2.21. The quantitative estimate of drug-likeness (QED) is 0.491. The van der Waals surface area contributed by atoms with E-state index >= 15 is 0 Å². The fourth-order valence-electron chi connectivity index (χ4n) is 1.96. The summed E-state index contributed by atoms with van der Waals surface area (Å²) in [5.41, 5.74) is 0.317. The van der Waals surface area contributed by atoms with E-state index in [1.807, 2.05) is 18.2 Å². The molecule has 0 bridgehead atoms. The van der Waals surface area contributed by atoms with Gasteiger partial charge < -0.3 is 0 Å². The Morgan fingerprint density at radius 1 is 1.30 bits per heavy atom. The van der Waals surface area contributed by atoms with Gasteiger partial charge in [-0.25, -0.2) is 4.98 Å². The van der Waals surface area contributed by atoms with Gasteiger partial charge in [0.1, 0.15) is 5.56 Å². The van der Waals surface area contributed by atoms with Crippen molar-refractivity contribution in [2.24, 2.45) is 0 Å². The van der Waals surface area contributed by atoms with Crippen LogP contribution < -0.4 is 5.32 Å². The molecule has 1 N–H and O–H groups in total. The highest BCUT2D eigenvalue weighted by atomic mass is 79.9. The van der Waals surface area contributed by atoms with E-state index in [9.17, 15) is 14.9 Å². The van der Waals surface area contributed by atoms with Crippen molar-refractivity contribution in [1.82, 2.24) is 4.98 Å². The van der Waals surface area contributed by atoms with Gasteiger partial charge in [0.25, 0.3) is 11.6 Å². The molecule has 0 unspecified atom stereocenters. The predicted molar refractivity (Wildman–Crippen MR) is 93.4 cm³/mol. The van der Waals surface area contributed by atoms with Crippen LogP contribution in [0, 0.1) is 10.1 Å². The highest BCUT2D eigenvalue weighted by molar-refractivity contribution is 9.10. The first-order valence-corrected chi connectivity index (χ1v) is 8.24. The molecule has 23 heavy (non-hydrogen) atoms. The van der Waals surface area contributed by atoms with E-state index in [1.54, 1.807) is 0 Å². The molecule has 9 heteroatoms. The maximum Gasteiger partial charge on any atom is 0.283 e. The number of nitro groups is 1. The van der Waals surface area contributed by atoms with Crippen LogP contribution in [0.3, 0.4) is 0 Å². The molecule has 0 spiro atoms. The lowest BCUT2D eigenvalue weighted by atomic mass is 10.1. The molecular formula is C14H7BrClN3O3S. The van der Waals surface area contributed by atoms with E-state index in [0.717, 1.165) is 20.8 Å². The Labute approximate surface area is 147 Å². The number of hydrogen-bond donors (Lipinski definition) is 1. The summed E-state index contributed by atoms with van der Waals surface area (Å²) in [7, 11) is 0. The number of nitrogens with zero attached hydrogens (tertiary/aromatic N) is 2. The van der Waals surface area contributed by atoms with E-state index in [4.69, 9.17) is 11.6 Å².